The molecule has 2 rings (SSSR count). The Balaban J connectivity index is 1.66. The molecule has 0 fully saturated rings. The Morgan fingerprint density at radius 2 is 1.13 bits per heavy atom. The predicted octanol–water partition coefficient (Wildman–Crippen LogP) is 4.27. The van der Waals surface area contributed by atoms with Crippen LogP contribution in [0.3, 0.4) is 0 Å². The lowest BCUT2D eigenvalue weighted by molar-refractivity contribution is -0.115. The van der Waals surface area contributed by atoms with Crippen molar-refractivity contribution in [2.75, 3.05) is 0 Å². The number of carbonyl (C=O) groups is 3. The highest BCUT2D eigenvalue weighted by atomic mass is 16.2. The molecule has 2 aromatic rings. The highest BCUT2D eigenvalue weighted by Crippen LogP contribution is 2.10. The zero-order chi connectivity index (χ0) is 16.5. The van der Waals surface area contributed by atoms with E-state index in [4.69, 9.17) is 0 Å². The minimum Gasteiger partial charge on any atom is -0.294 e. The summed E-state index contributed by atoms with van der Waals surface area (Å²) in [5.74, 6) is -0.658. The molecule has 0 amide bonds. The average molecular weight is 308 g/mol. The third-order valence-corrected chi connectivity index (χ3v) is 3.69. The Kier molecular flexibility index (Phi) is 6.42. The van der Waals surface area contributed by atoms with E-state index in [1.807, 2.05) is 36.4 Å². The summed E-state index contributed by atoms with van der Waals surface area (Å²) in [6.07, 6.45) is 2.87. The van der Waals surface area contributed by atoms with Crippen molar-refractivity contribution in [1.29, 1.82) is 0 Å². The molecule has 3 nitrogen and oxygen atoms in total. The first-order valence-electron chi connectivity index (χ1n) is 7.89. The molecule has 0 saturated heterocycles. The smallest absolute Gasteiger partial charge is 0.228 e. The average Bonchev–Trinajstić information content (AvgIpc) is 2.62. The van der Waals surface area contributed by atoms with E-state index in [0.29, 0.717) is 18.4 Å². The van der Waals surface area contributed by atoms with E-state index in [9.17, 15) is 14.4 Å². The normalized spacial score (nSPS) is 10.3. The summed E-state index contributed by atoms with van der Waals surface area (Å²) in [5.41, 5.74) is 1.17. The summed E-state index contributed by atoms with van der Waals surface area (Å²) in [5, 5.41) is 0. The molecule has 0 spiro atoms. The molecule has 118 valence electrons. The van der Waals surface area contributed by atoms with Crippen LogP contribution in [0.15, 0.2) is 60.7 Å². The van der Waals surface area contributed by atoms with Gasteiger partial charge in [0.25, 0.3) is 0 Å². The van der Waals surface area contributed by atoms with Gasteiger partial charge in [-0.2, -0.15) is 0 Å². The van der Waals surface area contributed by atoms with E-state index in [1.165, 1.54) is 0 Å². The molecule has 0 aromatic heterocycles. The van der Waals surface area contributed by atoms with Gasteiger partial charge in [0.05, 0.1) is 0 Å². The topological polar surface area (TPSA) is 51.2 Å². The zero-order valence-corrected chi connectivity index (χ0v) is 13.0. The fraction of sp³-hybridized carbons (Fsp3) is 0.250. The summed E-state index contributed by atoms with van der Waals surface area (Å²) in [4.78, 5) is 35.7. The predicted molar refractivity (Wildman–Crippen MR) is 89.6 cm³/mol. The second kappa shape index (κ2) is 8.79. The van der Waals surface area contributed by atoms with Crippen LogP contribution in [0.4, 0.5) is 0 Å². The molecule has 0 bridgehead atoms. The van der Waals surface area contributed by atoms with Crippen LogP contribution in [-0.4, -0.2) is 17.3 Å². The summed E-state index contributed by atoms with van der Waals surface area (Å²) < 4.78 is 0. The second-order valence-electron chi connectivity index (χ2n) is 5.47. The van der Waals surface area contributed by atoms with Gasteiger partial charge in [-0.15, -0.1) is 0 Å². The van der Waals surface area contributed by atoms with Gasteiger partial charge < -0.3 is 0 Å². The third-order valence-electron chi connectivity index (χ3n) is 3.69. The lowest BCUT2D eigenvalue weighted by Crippen LogP contribution is -2.13. The Hall–Kier alpha value is -2.55. The molecule has 23 heavy (non-hydrogen) atoms. The summed E-state index contributed by atoms with van der Waals surface area (Å²) in [6, 6.07) is 17.8. The van der Waals surface area contributed by atoms with Crippen molar-refractivity contribution in [2.45, 2.75) is 32.1 Å². The van der Waals surface area contributed by atoms with Crippen LogP contribution in [0.1, 0.15) is 52.8 Å². The minimum atomic E-state index is -0.425. The lowest BCUT2D eigenvalue weighted by Gasteiger charge is -2.02. The van der Waals surface area contributed by atoms with Crippen molar-refractivity contribution in [3.63, 3.8) is 0 Å². The molecule has 0 unspecified atom stereocenters. The van der Waals surface area contributed by atoms with Crippen molar-refractivity contribution in [3.05, 3.63) is 71.8 Å². The number of carbonyl (C=O) groups excluding carboxylic acids is 3. The quantitative estimate of drug-likeness (QED) is 0.395. The number of rotatable bonds is 9. The molecular formula is C20H20O3. The Morgan fingerprint density at radius 3 is 1.74 bits per heavy atom. The van der Waals surface area contributed by atoms with Gasteiger partial charge in [0, 0.05) is 24.0 Å². The molecule has 0 aliphatic heterocycles. The molecule has 3 heteroatoms. The van der Waals surface area contributed by atoms with Crippen LogP contribution in [0.5, 0.6) is 0 Å². The second-order valence-corrected chi connectivity index (χ2v) is 5.47. The number of benzene rings is 2. The minimum absolute atomic E-state index is 0.122. The number of hydrogen-bond acceptors (Lipinski definition) is 3. The maximum Gasteiger partial charge on any atom is 0.228 e. The van der Waals surface area contributed by atoms with Gasteiger partial charge in [0.1, 0.15) is 0 Å². The molecule has 0 aliphatic carbocycles. The third kappa shape index (κ3) is 5.29. The first-order chi connectivity index (χ1) is 11.2. The highest BCUT2D eigenvalue weighted by molar-refractivity contribution is 6.43. The fourth-order valence-corrected chi connectivity index (χ4v) is 2.38. The van der Waals surface area contributed by atoms with Gasteiger partial charge in [0.2, 0.25) is 11.6 Å². The van der Waals surface area contributed by atoms with Gasteiger partial charge >= 0.3 is 0 Å². The Morgan fingerprint density at radius 1 is 0.609 bits per heavy atom. The van der Waals surface area contributed by atoms with Crippen molar-refractivity contribution in [2.24, 2.45) is 0 Å². The largest absolute Gasteiger partial charge is 0.294 e. The Bertz CT molecular complexity index is 660. The van der Waals surface area contributed by atoms with Gasteiger partial charge in [0.15, 0.2) is 5.78 Å². The maximum atomic E-state index is 11.9. The Labute approximate surface area is 136 Å². The van der Waals surface area contributed by atoms with E-state index in [0.717, 1.165) is 18.4 Å². The van der Waals surface area contributed by atoms with Crippen LogP contribution >= 0.6 is 0 Å². The number of Topliss-reactive ketones (excluding diaryl/α,β-unsaturated/α-hetero) is 3. The SMILES string of the molecule is O=C(CCCCCC(=O)c1ccccc1)C(=O)c1ccccc1. The van der Waals surface area contributed by atoms with Gasteiger partial charge in [-0.3, -0.25) is 14.4 Å². The number of hydrogen-bond donors (Lipinski definition) is 0. The van der Waals surface area contributed by atoms with E-state index < -0.39 is 5.78 Å². The van der Waals surface area contributed by atoms with Gasteiger partial charge in [-0.25, -0.2) is 0 Å². The van der Waals surface area contributed by atoms with Crippen LogP contribution in [0, 0.1) is 0 Å². The van der Waals surface area contributed by atoms with Crippen molar-refractivity contribution >= 4 is 17.3 Å². The fourth-order valence-electron chi connectivity index (χ4n) is 2.38. The molecule has 0 aliphatic rings. The molecule has 0 radical (unpaired) electrons. The molecule has 0 heterocycles. The molecule has 2 aromatic carbocycles. The van der Waals surface area contributed by atoms with Crippen molar-refractivity contribution in [1.82, 2.24) is 0 Å². The molecular weight excluding hydrogens is 288 g/mol. The molecule has 0 saturated carbocycles. The van der Waals surface area contributed by atoms with Crippen molar-refractivity contribution < 1.29 is 14.4 Å². The lowest BCUT2D eigenvalue weighted by atomic mass is 10.0. The van der Waals surface area contributed by atoms with Gasteiger partial charge in [-0.05, 0) is 12.8 Å². The summed E-state index contributed by atoms with van der Waals surface area (Å²) in [6.45, 7) is 0. The monoisotopic (exact) mass is 308 g/mol. The van der Waals surface area contributed by atoms with Crippen molar-refractivity contribution in [3.8, 4) is 0 Å². The molecule has 0 atom stereocenters. The van der Waals surface area contributed by atoms with E-state index in [1.54, 1.807) is 24.3 Å². The highest BCUT2D eigenvalue weighted by Gasteiger charge is 2.15. The van der Waals surface area contributed by atoms with E-state index in [-0.39, 0.29) is 18.0 Å². The summed E-state index contributed by atoms with van der Waals surface area (Å²) in [7, 11) is 0. The molecule has 0 N–H and O–H groups in total. The zero-order valence-electron chi connectivity index (χ0n) is 13.0. The first-order valence-corrected chi connectivity index (χ1v) is 7.89. The maximum absolute atomic E-state index is 11.9. The van der Waals surface area contributed by atoms with E-state index in [2.05, 4.69) is 0 Å². The van der Waals surface area contributed by atoms with Crippen LogP contribution in [0.25, 0.3) is 0 Å². The first kappa shape index (κ1) is 16.8. The number of unbranched alkanes of at least 4 members (excludes halogenated alkanes) is 2. The van der Waals surface area contributed by atoms with Crippen LogP contribution < -0.4 is 0 Å². The van der Waals surface area contributed by atoms with E-state index >= 15 is 0 Å². The summed E-state index contributed by atoms with van der Waals surface area (Å²) >= 11 is 0. The standard InChI is InChI=1S/C20H20O3/c21-18(16-10-4-1-5-11-16)14-8-3-9-15-19(22)20(23)17-12-6-2-7-13-17/h1-2,4-7,10-13H,3,8-9,14-15H2. The van der Waals surface area contributed by atoms with Crippen LogP contribution in [0.2, 0.25) is 0 Å². The van der Waals surface area contributed by atoms with Crippen LogP contribution in [-0.2, 0) is 4.79 Å². The van der Waals surface area contributed by atoms with Gasteiger partial charge in [-0.1, -0.05) is 67.1 Å². The number of ketones is 3.